The fourth-order valence-electron chi connectivity index (χ4n) is 3.39. The van der Waals surface area contributed by atoms with Gasteiger partial charge in [0.2, 0.25) is 5.91 Å². The first-order valence-electron chi connectivity index (χ1n) is 10.7. The third-order valence-electron chi connectivity index (χ3n) is 5.26. The summed E-state index contributed by atoms with van der Waals surface area (Å²) in [6, 6.07) is 15.1. The smallest absolute Gasteiger partial charge is 0.267 e. The topological polar surface area (TPSA) is 128 Å². The molecule has 174 valence electrons. The quantitative estimate of drug-likeness (QED) is 0.527. The molecule has 0 saturated heterocycles. The highest BCUT2D eigenvalue weighted by Gasteiger charge is 2.18. The van der Waals surface area contributed by atoms with E-state index in [-0.39, 0.29) is 18.2 Å². The Labute approximate surface area is 196 Å². The van der Waals surface area contributed by atoms with Gasteiger partial charge in [0.25, 0.3) is 5.91 Å². The molecule has 0 aliphatic carbocycles. The molecule has 3 aromatic rings. The van der Waals surface area contributed by atoms with Crippen LogP contribution in [0.1, 0.15) is 18.7 Å². The normalized spacial score (nSPS) is 13.0. The minimum atomic E-state index is -0.321. The number of amides is 2. The standard InChI is InChI=1S/C24H24N6O4/c1-33-17-7-3-15(4-8-17)22-23(16-5-9-18(34-2)10-6-16)30-28-20(26-22)13-14-25-24(32)19-11-12-21(31)29-27-19/h3-10H,11-14H2,1-2H3,(H,25,32)(H,29,31). The summed E-state index contributed by atoms with van der Waals surface area (Å²) in [7, 11) is 3.23. The van der Waals surface area contributed by atoms with Crippen molar-refractivity contribution in [3.8, 4) is 34.0 Å². The molecule has 0 radical (unpaired) electrons. The Hall–Kier alpha value is -4.34. The maximum atomic E-state index is 12.3. The summed E-state index contributed by atoms with van der Waals surface area (Å²) < 4.78 is 10.5. The Kier molecular flexibility index (Phi) is 7.07. The van der Waals surface area contributed by atoms with Crippen molar-refractivity contribution in [1.29, 1.82) is 0 Å². The molecule has 2 N–H and O–H groups in total. The molecule has 4 rings (SSSR count). The Morgan fingerprint density at radius 1 is 0.912 bits per heavy atom. The van der Waals surface area contributed by atoms with E-state index in [9.17, 15) is 9.59 Å². The molecule has 10 heteroatoms. The summed E-state index contributed by atoms with van der Waals surface area (Å²) >= 11 is 0. The molecule has 0 atom stereocenters. The third-order valence-corrected chi connectivity index (χ3v) is 5.26. The summed E-state index contributed by atoms with van der Waals surface area (Å²) in [5.41, 5.74) is 5.63. The predicted molar refractivity (Wildman–Crippen MR) is 125 cm³/mol. The van der Waals surface area contributed by atoms with Gasteiger partial charge >= 0.3 is 0 Å². The van der Waals surface area contributed by atoms with E-state index < -0.39 is 0 Å². The van der Waals surface area contributed by atoms with Crippen LogP contribution in [0, 0.1) is 0 Å². The predicted octanol–water partition coefficient (Wildman–Crippen LogP) is 2.15. The average molecular weight is 460 g/mol. The summed E-state index contributed by atoms with van der Waals surface area (Å²) in [6.45, 7) is 0.303. The van der Waals surface area contributed by atoms with Crippen LogP contribution in [0.4, 0.5) is 0 Å². The van der Waals surface area contributed by atoms with Gasteiger partial charge in [0.15, 0.2) is 5.82 Å². The minimum absolute atomic E-state index is 0.195. The molecule has 1 aliphatic rings. The molecule has 0 unspecified atom stereocenters. The van der Waals surface area contributed by atoms with Gasteiger partial charge in [0.05, 0.1) is 14.2 Å². The van der Waals surface area contributed by atoms with Gasteiger partial charge in [-0.25, -0.2) is 10.4 Å². The second-order valence-electron chi connectivity index (χ2n) is 7.48. The minimum Gasteiger partial charge on any atom is -0.497 e. The molecular weight excluding hydrogens is 436 g/mol. The Balaban J connectivity index is 1.55. The van der Waals surface area contributed by atoms with Crippen LogP contribution in [0.5, 0.6) is 11.5 Å². The van der Waals surface area contributed by atoms with Gasteiger partial charge in [-0.1, -0.05) is 0 Å². The van der Waals surface area contributed by atoms with Crippen molar-refractivity contribution < 1.29 is 19.1 Å². The maximum Gasteiger partial charge on any atom is 0.267 e. The molecule has 2 amide bonds. The first kappa shape index (κ1) is 22.8. The molecule has 1 aromatic heterocycles. The number of hydrogen-bond acceptors (Lipinski definition) is 8. The number of carbonyl (C=O) groups is 2. The number of benzene rings is 2. The highest BCUT2D eigenvalue weighted by Crippen LogP contribution is 2.30. The molecule has 1 aliphatic heterocycles. The second kappa shape index (κ2) is 10.5. The van der Waals surface area contributed by atoms with Crippen molar-refractivity contribution in [2.45, 2.75) is 19.3 Å². The zero-order chi connectivity index (χ0) is 23.9. The summed E-state index contributed by atoms with van der Waals surface area (Å²) in [4.78, 5) is 28.2. The van der Waals surface area contributed by atoms with Crippen molar-refractivity contribution in [1.82, 2.24) is 25.9 Å². The van der Waals surface area contributed by atoms with Crippen LogP contribution in [-0.4, -0.2) is 53.5 Å². The summed E-state index contributed by atoms with van der Waals surface area (Å²) in [5.74, 6) is 1.45. The highest BCUT2D eigenvalue weighted by atomic mass is 16.5. The number of carbonyl (C=O) groups excluding carboxylic acids is 2. The van der Waals surface area contributed by atoms with E-state index in [1.165, 1.54) is 0 Å². The Morgan fingerprint density at radius 3 is 2.09 bits per heavy atom. The molecule has 10 nitrogen and oxygen atoms in total. The average Bonchev–Trinajstić information content (AvgIpc) is 2.89. The van der Waals surface area contributed by atoms with Crippen molar-refractivity contribution in [3.05, 3.63) is 54.4 Å². The zero-order valence-electron chi connectivity index (χ0n) is 18.9. The fourth-order valence-corrected chi connectivity index (χ4v) is 3.39. The van der Waals surface area contributed by atoms with Gasteiger partial charge in [-0.05, 0) is 48.5 Å². The molecule has 0 saturated carbocycles. The van der Waals surface area contributed by atoms with Crippen molar-refractivity contribution in [2.24, 2.45) is 5.10 Å². The molecule has 0 bridgehead atoms. The van der Waals surface area contributed by atoms with Crippen LogP contribution < -0.4 is 20.2 Å². The first-order valence-corrected chi connectivity index (χ1v) is 10.7. The van der Waals surface area contributed by atoms with Crippen molar-refractivity contribution >= 4 is 17.5 Å². The van der Waals surface area contributed by atoms with E-state index in [0.29, 0.717) is 42.3 Å². The lowest BCUT2D eigenvalue weighted by Gasteiger charge is -2.12. The van der Waals surface area contributed by atoms with Gasteiger partial charge in [-0.15, -0.1) is 10.2 Å². The van der Waals surface area contributed by atoms with E-state index >= 15 is 0 Å². The van der Waals surface area contributed by atoms with Gasteiger partial charge in [-0.2, -0.15) is 5.10 Å². The molecule has 2 heterocycles. The van der Waals surface area contributed by atoms with Crippen LogP contribution in [0.2, 0.25) is 0 Å². The number of ether oxygens (including phenoxy) is 2. The van der Waals surface area contributed by atoms with Crippen LogP contribution in [0.15, 0.2) is 53.6 Å². The number of nitrogens with zero attached hydrogens (tertiary/aromatic N) is 4. The first-order chi connectivity index (χ1) is 16.6. The number of nitrogens with one attached hydrogen (secondary N) is 2. The number of methoxy groups -OCH3 is 2. The van der Waals surface area contributed by atoms with Crippen LogP contribution >= 0.6 is 0 Å². The van der Waals surface area contributed by atoms with Crippen molar-refractivity contribution in [3.63, 3.8) is 0 Å². The molecular formula is C24H24N6O4. The van der Waals surface area contributed by atoms with Gasteiger partial charge in [0.1, 0.15) is 28.6 Å². The van der Waals surface area contributed by atoms with Gasteiger partial charge in [-0.3, -0.25) is 9.59 Å². The fraction of sp³-hybridized carbons (Fsp3) is 0.250. The van der Waals surface area contributed by atoms with E-state index in [4.69, 9.17) is 14.5 Å². The highest BCUT2D eigenvalue weighted by molar-refractivity contribution is 6.39. The number of rotatable bonds is 8. The number of aromatic nitrogens is 3. The maximum absolute atomic E-state index is 12.3. The zero-order valence-corrected chi connectivity index (χ0v) is 18.9. The summed E-state index contributed by atoms with van der Waals surface area (Å²) in [5, 5.41) is 15.3. The van der Waals surface area contributed by atoms with Gasteiger partial charge in [0, 0.05) is 36.9 Å². The van der Waals surface area contributed by atoms with E-state index in [2.05, 4.69) is 26.0 Å². The lowest BCUT2D eigenvalue weighted by molar-refractivity contribution is -0.121. The van der Waals surface area contributed by atoms with E-state index in [1.54, 1.807) is 14.2 Å². The molecule has 34 heavy (non-hydrogen) atoms. The lowest BCUT2D eigenvalue weighted by Crippen LogP contribution is -2.37. The van der Waals surface area contributed by atoms with E-state index in [1.807, 2.05) is 48.5 Å². The second-order valence-corrected chi connectivity index (χ2v) is 7.48. The largest absolute Gasteiger partial charge is 0.497 e. The van der Waals surface area contributed by atoms with E-state index in [0.717, 1.165) is 22.6 Å². The Morgan fingerprint density at radius 2 is 1.53 bits per heavy atom. The van der Waals surface area contributed by atoms with Crippen LogP contribution in [-0.2, 0) is 16.0 Å². The SMILES string of the molecule is COc1ccc(-c2nnc(CCNC(=O)C3=NNC(=O)CC3)nc2-c2ccc(OC)cc2)cc1. The monoisotopic (exact) mass is 460 g/mol. The summed E-state index contributed by atoms with van der Waals surface area (Å²) in [6.07, 6.45) is 0.940. The number of hydrazone groups is 1. The van der Waals surface area contributed by atoms with Crippen molar-refractivity contribution in [2.75, 3.05) is 20.8 Å². The third kappa shape index (κ3) is 5.34. The number of hydrogen-bond donors (Lipinski definition) is 2. The lowest BCUT2D eigenvalue weighted by atomic mass is 10.0. The van der Waals surface area contributed by atoms with Crippen LogP contribution in [0.3, 0.4) is 0 Å². The molecule has 2 aromatic carbocycles. The van der Waals surface area contributed by atoms with Crippen LogP contribution in [0.25, 0.3) is 22.5 Å². The molecule has 0 spiro atoms. The van der Waals surface area contributed by atoms with Gasteiger partial charge < -0.3 is 14.8 Å². The molecule has 0 fully saturated rings. The Bertz CT molecular complexity index is 1210.